The summed E-state index contributed by atoms with van der Waals surface area (Å²) in [6, 6.07) is 18.0. The Balaban J connectivity index is 1.44. The van der Waals surface area contributed by atoms with Crippen LogP contribution in [0.1, 0.15) is 0 Å². The van der Waals surface area contributed by atoms with E-state index in [-0.39, 0.29) is 11.0 Å². The molecule has 6 nitrogen and oxygen atoms in total. The molecule has 1 aromatic heterocycles. The monoisotopic (exact) mass is 370 g/mol. The van der Waals surface area contributed by atoms with Gasteiger partial charge in [-0.15, -0.1) is 0 Å². The van der Waals surface area contributed by atoms with E-state index in [4.69, 9.17) is 9.47 Å². The second kappa shape index (κ2) is 6.59. The molecular weight excluding hydrogens is 352 g/mol. The lowest BCUT2D eigenvalue weighted by molar-refractivity contribution is 0.0724. The zero-order chi connectivity index (χ0) is 18.1. The van der Waals surface area contributed by atoms with Gasteiger partial charge in [0.25, 0.3) is 0 Å². The van der Waals surface area contributed by atoms with E-state index in [0.717, 1.165) is 10.9 Å². The van der Waals surface area contributed by atoms with Crippen LogP contribution >= 0.6 is 0 Å². The van der Waals surface area contributed by atoms with Gasteiger partial charge in [-0.2, -0.15) is 4.31 Å². The van der Waals surface area contributed by atoms with Crippen molar-refractivity contribution in [2.45, 2.75) is 11.0 Å². The van der Waals surface area contributed by atoms with Crippen LogP contribution in [0.15, 0.2) is 65.6 Å². The summed E-state index contributed by atoms with van der Waals surface area (Å²) in [6.07, 6.45) is -0.205. The number of hydrogen-bond donors (Lipinski definition) is 0. The fraction of sp³-hybridized carbons (Fsp3) is 0.211. The second-order valence-electron chi connectivity index (χ2n) is 6.08. The van der Waals surface area contributed by atoms with Crippen molar-refractivity contribution in [2.75, 3.05) is 20.2 Å². The third kappa shape index (κ3) is 3.11. The average Bonchev–Trinajstić information content (AvgIpc) is 2.64. The number of ether oxygens (including phenoxy) is 2. The summed E-state index contributed by atoms with van der Waals surface area (Å²) < 4.78 is 37.6. The van der Waals surface area contributed by atoms with E-state index in [9.17, 15) is 8.42 Å². The summed E-state index contributed by atoms with van der Waals surface area (Å²) in [4.78, 5) is 4.68. The van der Waals surface area contributed by atoms with Gasteiger partial charge in [0.05, 0.1) is 30.6 Å². The molecule has 0 atom stereocenters. The number of hydrogen-bond acceptors (Lipinski definition) is 5. The first kappa shape index (κ1) is 16.8. The number of para-hydroxylation sites is 1. The van der Waals surface area contributed by atoms with Gasteiger partial charge >= 0.3 is 0 Å². The van der Waals surface area contributed by atoms with Gasteiger partial charge in [0.2, 0.25) is 15.9 Å². The number of methoxy groups -OCH3 is 1. The van der Waals surface area contributed by atoms with Crippen LogP contribution in [0, 0.1) is 0 Å². The smallest absolute Gasteiger partial charge is 0.243 e. The van der Waals surface area contributed by atoms with Crippen molar-refractivity contribution >= 4 is 20.9 Å². The van der Waals surface area contributed by atoms with Gasteiger partial charge in [-0.3, -0.25) is 0 Å². The first-order chi connectivity index (χ1) is 12.6. The zero-order valence-corrected chi connectivity index (χ0v) is 15.0. The van der Waals surface area contributed by atoms with Crippen LogP contribution in [0.25, 0.3) is 10.9 Å². The SMILES string of the molecule is COc1cccc(S(=O)(=O)N2CC(Oc3ccc4ccccc4n3)C2)c1. The molecule has 0 radical (unpaired) electrons. The Kier molecular flexibility index (Phi) is 4.26. The number of aromatic nitrogens is 1. The molecule has 26 heavy (non-hydrogen) atoms. The maximum Gasteiger partial charge on any atom is 0.243 e. The minimum Gasteiger partial charge on any atom is -0.497 e. The predicted molar refractivity (Wildman–Crippen MR) is 97.9 cm³/mol. The molecule has 3 aromatic rings. The van der Waals surface area contributed by atoms with Crippen LogP contribution in [0.4, 0.5) is 0 Å². The molecule has 1 fully saturated rings. The minimum absolute atomic E-state index is 0.205. The van der Waals surface area contributed by atoms with E-state index in [1.54, 1.807) is 18.2 Å². The number of fused-ring (bicyclic) bond motifs is 1. The molecule has 0 bridgehead atoms. The van der Waals surface area contributed by atoms with E-state index in [1.165, 1.54) is 17.5 Å². The normalized spacial score (nSPS) is 15.6. The van der Waals surface area contributed by atoms with Gasteiger partial charge in [0.1, 0.15) is 11.9 Å². The second-order valence-corrected chi connectivity index (χ2v) is 8.02. The average molecular weight is 370 g/mol. The molecule has 0 spiro atoms. The molecular formula is C19H18N2O4S. The van der Waals surface area contributed by atoms with Gasteiger partial charge in [-0.05, 0) is 24.3 Å². The van der Waals surface area contributed by atoms with E-state index < -0.39 is 10.0 Å². The van der Waals surface area contributed by atoms with Crippen molar-refractivity contribution in [3.8, 4) is 11.6 Å². The standard InChI is InChI=1S/C19H18N2O4S/c1-24-15-6-4-7-17(11-15)26(22,23)21-12-16(13-21)25-19-10-9-14-5-2-3-8-18(14)20-19/h2-11,16H,12-13H2,1H3. The summed E-state index contributed by atoms with van der Waals surface area (Å²) in [5.74, 6) is 1.02. The maximum absolute atomic E-state index is 12.7. The largest absolute Gasteiger partial charge is 0.497 e. The highest BCUT2D eigenvalue weighted by atomic mass is 32.2. The van der Waals surface area contributed by atoms with Crippen molar-refractivity contribution in [2.24, 2.45) is 0 Å². The van der Waals surface area contributed by atoms with E-state index in [2.05, 4.69) is 4.98 Å². The summed E-state index contributed by atoms with van der Waals surface area (Å²) in [5, 5.41) is 1.04. The number of nitrogens with zero attached hydrogens (tertiary/aromatic N) is 2. The minimum atomic E-state index is -3.54. The molecule has 0 unspecified atom stereocenters. The van der Waals surface area contributed by atoms with Gasteiger partial charge in [0, 0.05) is 17.5 Å². The molecule has 0 aliphatic carbocycles. The van der Waals surface area contributed by atoms with Crippen LogP contribution < -0.4 is 9.47 Å². The third-order valence-corrected chi connectivity index (χ3v) is 6.18. The van der Waals surface area contributed by atoms with Gasteiger partial charge < -0.3 is 9.47 Å². The lowest BCUT2D eigenvalue weighted by Gasteiger charge is -2.37. The Bertz CT molecular complexity index is 1050. The highest BCUT2D eigenvalue weighted by Gasteiger charge is 2.38. The van der Waals surface area contributed by atoms with Gasteiger partial charge in [0.15, 0.2) is 0 Å². The first-order valence-electron chi connectivity index (χ1n) is 8.23. The van der Waals surface area contributed by atoms with Crippen LogP contribution in [0.3, 0.4) is 0 Å². The number of sulfonamides is 1. The topological polar surface area (TPSA) is 68.7 Å². The summed E-state index contributed by atoms with van der Waals surface area (Å²) >= 11 is 0. The molecule has 0 saturated carbocycles. The lowest BCUT2D eigenvalue weighted by Crippen LogP contribution is -2.56. The Morgan fingerprint density at radius 2 is 1.85 bits per heavy atom. The predicted octanol–water partition coefficient (Wildman–Crippen LogP) is 2.70. The van der Waals surface area contributed by atoms with Crippen molar-refractivity contribution in [3.63, 3.8) is 0 Å². The van der Waals surface area contributed by atoms with Crippen LogP contribution in [-0.4, -0.2) is 44.0 Å². The van der Waals surface area contributed by atoms with Crippen molar-refractivity contribution in [1.82, 2.24) is 9.29 Å². The van der Waals surface area contributed by atoms with Gasteiger partial charge in [-0.25, -0.2) is 13.4 Å². The van der Waals surface area contributed by atoms with Crippen LogP contribution in [-0.2, 0) is 10.0 Å². The van der Waals surface area contributed by atoms with E-state index >= 15 is 0 Å². The number of benzene rings is 2. The molecule has 7 heteroatoms. The van der Waals surface area contributed by atoms with E-state index in [1.807, 2.05) is 36.4 Å². The molecule has 0 amide bonds. The van der Waals surface area contributed by atoms with E-state index in [0.29, 0.717) is 24.7 Å². The lowest BCUT2D eigenvalue weighted by atomic mass is 10.2. The Morgan fingerprint density at radius 1 is 1.04 bits per heavy atom. The Hall–Kier alpha value is -2.64. The highest BCUT2D eigenvalue weighted by molar-refractivity contribution is 7.89. The highest BCUT2D eigenvalue weighted by Crippen LogP contribution is 2.26. The molecule has 0 N–H and O–H groups in total. The van der Waals surface area contributed by atoms with Crippen molar-refractivity contribution < 1.29 is 17.9 Å². The fourth-order valence-corrected chi connectivity index (χ4v) is 4.40. The summed E-state index contributed by atoms with van der Waals surface area (Å²) in [6.45, 7) is 0.599. The third-order valence-electron chi connectivity index (χ3n) is 4.35. The molecule has 1 saturated heterocycles. The molecule has 2 heterocycles. The molecule has 1 aliphatic rings. The molecule has 2 aromatic carbocycles. The number of pyridine rings is 1. The Labute approximate surface area is 152 Å². The molecule has 134 valence electrons. The van der Waals surface area contributed by atoms with Gasteiger partial charge in [-0.1, -0.05) is 24.3 Å². The quantitative estimate of drug-likeness (QED) is 0.691. The molecule has 1 aliphatic heterocycles. The maximum atomic E-state index is 12.7. The fourth-order valence-electron chi connectivity index (χ4n) is 2.87. The summed E-state index contributed by atoms with van der Waals surface area (Å²) in [7, 11) is -2.03. The van der Waals surface area contributed by atoms with Crippen LogP contribution in [0.5, 0.6) is 11.6 Å². The number of rotatable bonds is 5. The summed E-state index contributed by atoms with van der Waals surface area (Å²) in [5.41, 5.74) is 0.852. The van der Waals surface area contributed by atoms with Crippen LogP contribution in [0.2, 0.25) is 0 Å². The van der Waals surface area contributed by atoms with Crippen molar-refractivity contribution in [3.05, 3.63) is 60.7 Å². The Morgan fingerprint density at radius 3 is 2.65 bits per heavy atom. The molecule has 4 rings (SSSR count). The zero-order valence-electron chi connectivity index (χ0n) is 14.2. The van der Waals surface area contributed by atoms with Crippen molar-refractivity contribution in [1.29, 1.82) is 0 Å². The first-order valence-corrected chi connectivity index (χ1v) is 9.67.